The predicted molar refractivity (Wildman–Crippen MR) is 102 cm³/mol. The van der Waals surface area contributed by atoms with Gasteiger partial charge in [0, 0.05) is 32.2 Å². The highest BCUT2D eigenvalue weighted by Gasteiger charge is 2.40. The molecule has 0 saturated carbocycles. The summed E-state index contributed by atoms with van der Waals surface area (Å²) in [5.41, 5.74) is 0.314. The Kier molecular flexibility index (Phi) is 6.79. The lowest BCUT2D eigenvalue weighted by atomic mass is 10.0. The molecule has 2 atom stereocenters. The molecule has 0 radical (unpaired) electrons. The molecule has 2 amide bonds. The summed E-state index contributed by atoms with van der Waals surface area (Å²) in [6, 6.07) is 5.09. The van der Waals surface area contributed by atoms with Crippen molar-refractivity contribution in [3.63, 3.8) is 0 Å². The van der Waals surface area contributed by atoms with Gasteiger partial charge in [-0.2, -0.15) is 0 Å². The van der Waals surface area contributed by atoms with Gasteiger partial charge in [0.25, 0.3) is 0 Å². The molecule has 0 unspecified atom stereocenters. The quantitative estimate of drug-likeness (QED) is 0.753. The molecule has 2 aliphatic rings. The Labute approximate surface area is 160 Å². The van der Waals surface area contributed by atoms with Crippen LogP contribution in [0.4, 0.5) is 4.39 Å². The first kappa shape index (κ1) is 19.8. The highest BCUT2D eigenvalue weighted by Crippen LogP contribution is 2.31. The van der Waals surface area contributed by atoms with Gasteiger partial charge >= 0.3 is 0 Å². The molecule has 3 rings (SSSR count). The van der Waals surface area contributed by atoms with Crippen molar-refractivity contribution in [1.29, 1.82) is 0 Å². The lowest BCUT2D eigenvalue weighted by molar-refractivity contribution is -0.131. The van der Waals surface area contributed by atoms with Gasteiger partial charge in [0.15, 0.2) is 0 Å². The minimum absolute atomic E-state index is 0.0723. The molecule has 1 aromatic carbocycles. The SMILES string of the molecule is CNC(=O)[C@@H](c1ccccc1F)N1CCC[C@H]1C(=O)NCCN1CCCC1. The molecular formula is C20H29FN4O2. The van der Waals surface area contributed by atoms with Crippen LogP contribution >= 0.6 is 0 Å². The fourth-order valence-electron chi connectivity index (χ4n) is 4.14. The van der Waals surface area contributed by atoms with Crippen LogP contribution in [0, 0.1) is 5.82 Å². The van der Waals surface area contributed by atoms with Crippen LogP contribution in [-0.2, 0) is 9.59 Å². The number of amides is 2. The van der Waals surface area contributed by atoms with Gasteiger partial charge in [-0.05, 0) is 44.8 Å². The van der Waals surface area contributed by atoms with Crippen LogP contribution in [0.3, 0.4) is 0 Å². The maximum absolute atomic E-state index is 14.4. The molecule has 2 heterocycles. The minimum Gasteiger partial charge on any atom is -0.358 e. The first-order chi connectivity index (χ1) is 13.1. The third kappa shape index (κ3) is 4.65. The van der Waals surface area contributed by atoms with Crippen molar-refractivity contribution in [2.45, 2.75) is 37.8 Å². The lowest BCUT2D eigenvalue weighted by Crippen LogP contribution is -2.49. The van der Waals surface area contributed by atoms with Crippen LogP contribution < -0.4 is 10.6 Å². The van der Waals surface area contributed by atoms with E-state index in [0.29, 0.717) is 25.1 Å². The van der Waals surface area contributed by atoms with Crippen molar-refractivity contribution >= 4 is 11.8 Å². The smallest absolute Gasteiger partial charge is 0.241 e. The van der Waals surface area contributed by atoms with Crippen molar-refractivity contribution in [3.8, 4) is 0 Å². The van der Waals surface area contributed by atoms with Gasteiger partial charge < -0.3 is 15.5 Å². The van der Waals surface area contributed by atoms with E-state index in [4.69, 9.17) is 0 Å². The topological polar surface area (TPSA) is 64.7 Å². The van der Waals surface area contributed by atoms with Gasteiger partial charge in [0.05, 0.1) is 6.04 Å². The number of rotatable bonds is 7. The number of nitrogens with zero attached hydrogens (tertiary/aromatic N) is 2. The molecule has 2 fully saturated rings. The number of likely N-dealkylation sites (tertiary alicyclic amines) is 2. The normalized spacial score (nSPS) is 21.9. The average Bonchev–Trinajstić information content (AvgIpc) is 3.35. The van der Waals surface area contributed by atoms with Crippen LogP contribution in [0.25, 0.3) is 0 Å². The maximum atomic E-state index is 14.4. The fraction of sp³-hybridized carbons (Fsp3) is 0.600. The minimum atomic E-state index is -0.798. The number of halogens is 1. The second-order valence-corrected chi connectivity index (χ2v) is 7.27. The summed E-state index contributed by atoms with van der Waals surface area (Å²) in [7, 11) is 1.54. The van der Waals surface area contributed by atoms with Crippen molar-refractivity contribution in [2.75, 3.05) is 39.8 Å². The number of carbonyl (C=O) groups excluding carboxylic acids is 2. The van der Waals surface area contributed by atoms with E-state index >= 15 is 0 Å². The highest BCUT2D eigenvalue weighted by molar-refractivity contribution is 5.86. The molecule has 0 spiro atoms. The number of nitrogens with one attached hydrogen (secondary N) is 2. The summed E-state index contributed by atoms with van der Waals surface area (Å²) in [6.45, 7) is 4.24. The molecule has 2 N–H and O–H groups in total. The third-order valence-corrected chi connectivity index (χ3v) is 5.55. The molecular weight excluding hydrogens is 347 g/mol. The monoisotopic (exact) mass is 376 g/mol. The lowest BCUT2D eigenvalue weighted by Gasteiger charge is -2.31. The van der Waals surface area contributed by atoms with Gasteiger partial charge in [-0.15, -0.1) is 0 Å². The number of carbonyl (C=O) groups is 2. The summed E-state index contributed by atoms with van der Waals surface area (Å²) in [5, 5.41) is 5.63. The van der Waals surface area contributed by atoms with Crippen molar-refractivity contribution in [2.24, 2.45) is 0 Å². The molecule has 7 heteroatoms. The first-order valence-electron chi connectivity index (χ1n) is 9.83. The molecule has 0 aromatic heterocycles. The van der Waals surface area contributed by atoms with E-state index in [1.54, 1.807) is 18.2 Å². The van der Waals surface area contributed by atoms with E-state index in [1.807, 2.05) is 4.90 Å². The molecule has 6 nitrogen and oxygen atoms in total. The maximum Gasteiger partial charge on any atom is 0.241 e. The van der Waals surface area contributed by atoms with Crippen molar-refractivity contribution < 1.29 is 14.0 Å². The van der Waals surface area contributed by atoms with E-state index in [-0.39, 0.29) is 11.8 Å². The molecule has 2 saturated heterocycles. The standard InChI is InChI=1S/C20H29FN4O2/c1-22-20(27)18(15-7-2-3-8-16(15)21)25-13-6-9-17(25)19(26)23-10-14-24-11-4-5-12-24/h2-3,7-8,17-18H,4-6,9-14H2,1H3,(H,22,27)(H,23,26)/t17-,18+/m0/s1. The molecule has 0 bridgehead atoms. The van der Waals surface area contributed by atoms with Crippen molar-refractivity contribution in [3.05, 3.63) is 35.6 Å². The number of benzene rings is 1. The Morgan fingerprint density at radius 3 is 2.63 bits per heavy atom. The van der Waals surface area contributed by atoms with Crippen LogP contribution in [0.5, 0.6) is 0 Å². The van der Waals surface area contributed by atoms with Crippen LogP contribution in [-0.4, -0.2) is 67.4 Å². The Balaban J connectivity index is 1.69. The van der Waals surface area contributed by atoms with Gasteiger partial charge in [0.1, 0.15) is 11.9 Å². The molecule has 2 aliphatic heterocycles. The zero-order chi connectivity index (χ0) is 19.2. The largest absolute Gasteiger partial charge is 0.358 e. The summed E-state index contributed by atoms with van der Waals surface area (Å²) < 4.78 is 14.4. The summed E-state index contributed by atoms with van der Waals surface area (Å²) in [5.74, 6) is -0.792. The first-order valence-corrected chi connectivity index (χ1v) is 9.83. The Morgan fingerprint density at radius 2 is 1.93 bits per heavy atom. The van der Waals surface area contributed by atoms with Crippen LogP contribution in [0.2, 0.25) is 0 Å². The Morgan fingerprint density at radius 1 is 1.19 bits per heavy atom. The molecule has 27 heavy (non-hydrogen) atoms. The fourth-order valence-corrected chi connectivity index (χ4v) is 4.14. The second-order valence-electron chi connectivity index (χ2n) is 7.27. The van der Waals surface area contributed by atoms with Crippen LogP contribution in [0.1, 0.15) is 37.3 Å². The highest BCUT2D eigenvalue weighted by atomic mass is 19.1. The third-order valence-electron chi connectivity index (χ3n) is 5.55. The molecule has 0 aliphatic carbocycles. The summed E-state index contributed by atoms with van der Waals surface area (Å²) in [6.07, 6.45) is 3.94. The Bertz CT molecular complexity index is 663. The second kappa shape index (κ2) is 9.28. The van der Waals surface area contributed by atoms with E-state index in [0.717, 1.165) is 26.1 Å². The average molecular weight is 376 g/mol. The molecule has 1 aromatic rings. The predicted octanol–water partition coefficient (Wildman–Crippen LogP) is 1.29. The summed E-state index contributed by atoms with van der Waals surface area (Å²) >= 11 is 0. The van der Waals surface area contributed by atoms with Crippen molar-refractivity contribution in [1.82, 2.24) is 20.4 Å². The number of hydrogen-bond acceptors (Lipinski definition) is 4. The Hall–Kier alpha value is -1.99. The van der Waals surface area contributed by atoms with Gasteiger partial charge in [-0.25, -0.2) is 4.39 Å². The zero-order valence-electron chi connectivity index (χ0n) is 15.9. The number of hydrogen-bond donors (Lipinski definition) is 2. The zero-order valence-corrected chi connectivity index (χ0v) is 15.9. The van der Waals surface area contributed by atoms with Gasteiger partial charge in [-0.1, -0.05) is 18.2 Å². The van der Waals surface area contributed by atoms with E-state index in [1.165, 1.54) is 26.0 Å². The molecule has 148 valence electrons. The van der Waals surface area contributed by atoms with E-state index in [9.17, 15) is 14.0 Å². The van der Waals surface area contributed by atoms with Crippen LogP contribution in [0.15, 0.2) is 24.3 Å². The van der Waals surface area contributed by atoms with E-state index in [2.05, 4.69) is 15.5 Å². The van der Waals surface area contributed by atoms with Gasteiger partial charge in [0.2, 0.25) is 11.8 Å². The van der Waals surface area contributed by atoms with E-state index < -0.39 is 17.9 Å². The van der Waals surface area contributed by atoms with Gasteiger partial charge in [-0.3, -0.25) is 14.5 Å². The summed E-state index contributed by atoms with van der Waals surface area (Å²) in [4.78, 5) is 29.5. The number of likely N-dealkylation sites (N-methyl/N-ethyl adjacent to an activating group) is 1.